The molecule has 1 aliphatic rings. The number of hydrogen-bond acceptors (Lipinski definition) is 3. The van der Waals surface area contributed by atoms with Crippen molar-refractivity contribution in [1.82, 2.24) is 4.90 Å². The smallest absolute Gasteiger partial charge is 0.246 e. The van der Waals surface area contributed by atoms with Gasteiger partial charge in [0.2, 0.25) is 15.9 Å². The average molecular weight is 353 g/mol. The molecule has 0 bridgehead atoms. The predicted molar refractivity (Wildman–Crippen MR) is 97.7 cm³/mol. The van der Waals surface area contributed by atoms with Crippen molar-refractivity contribution in [3.05, 3.63) is 29.3 Å². The maximum Gasteiger partial charge on any atom is 0.246 e. The van der Waals surface area contributed by atoms with E-state index in [1.165, 1.54) is 4.31 Å². The van der Waals surface area contributed by atoms with Gasteiger partial charge in [0.05, 0.1) is 11.9 Å². The van der Waals surface area contributed by atoms with E-state index in [9.17, 15) is 13.2 Å². The minimum atomic E-state index is -3.57. The van der Waals surface area contributed by atoms with Crippen LogP contribution >= 0.6 is 0 Å². The first-order valence-electron chi connectivity index (χ1n) is 8.46. The van der Waals surface area contributed by atoms with Crippen LogP contribution in [0, 0.1) is 19.8 Å². The number of likely N-dealkylation sites (tertiary alicyclic amines) is 1. The van der Waals surface area contributed by atoms with E-state index in [1.807, 2.05) is 32.0 Å². The molecule has 1 aromatic carbocycles. The molecule has 1 heterocycles. The lowest BCUT2D eigenvalue weighted by Gasteiger charge is -2.36. The molecule has 0 aromatic heterocycles. The van der Waals surface area contributed by atoms with Gasteiger partial charge in [-0.3, -0.25) is 9.10 Å². The molecular formula is C18H28N2O3S. The lowest BCUT2D eigenvalue weighted by Crippen LogP contribution is -2.51. The second-order valence-corrected chi connectivity index (χ2v) is 8.89. The Morgan fingerprint density at radius 3 is 2.38 bits per heavy atom. The summed E-state index contributed by atoms with van der Waals surface area (Å²) in [6.45, 7) is 9.06. The Labute approximate surface area is 145 Å². The number of aryl methyl sites for hydroxylation is 2. The first kappa shape index (κ1) is 18.8. The van der Waals surface area contributed by atoms with Crippen LogP contribution in [0.15, 0.2) is 18.2 Å². The standard InChI is InChI=1S/C18H28N2O3S/c1-13-8-10-19(11-9-13)18(21)16(4)20(24(5,22)23)17-12-14(2)6-7-15(17)3/h6-7,12-13,16H,8-11H2,1-5H3. The number of piperidine rings is 1. The summed E-state index contributed by atoms with van der Waals surface area (Å²) in [4.78, 5) is 14.7. The van der Waals surface area contributed by atoms with Gasteiger partial charge in [0, 0.05) is 13.1 Å². The Balaban J connectivity index is 2.34. The fourth-order valence-electron chi connectivity index (χ4n) is 3.22. The van der Waals surface area contributed by atoms with Gasteiger partial charge in [-0.2, -0.15) is 0 Å². The van der Waals surface area contributed by atoms with Gasteiger partial charge in [0.15, 0.2) is 0 Å². The molecule has 1 fully saturated rings. The van der Waals surface area contributed by atoms with E-state index < -0.39 is 16.1 Å². The van der Waals surface area contributed by atoms with Gasteiger partial charge in [-0.1, -0.05) is 19.1 Å². The van der Waals surface area contributed by atoms with Crippen molar-refractivity contribution in [3.8, 4) is 0 Å². The molecule has 1 unspecified atom stereocenters. The maximum absolute atomic E-state index is 12.9. The van der Waals surface area contributed by atoms with Crippen LogP contribution in [0.2, 0.25) is 0 Å². The lowest BCUT2D eigenvalue weighted by molar-refractivity contribution is -0.133. The zero-order valence-corrected chi connectivity index (χ0v) is 16.1. The van der Waals surface area contributed by atoms with Crippen LogP contribution in [0.1, 0.15) is 37.8 Å². The number of nitrogens with zero attached hydrogens (tertiary/aromatic N) is 2. The number of sulfonamides is 1. The molecule has 0 saturated carbocycles. The largest absolute Gasteiger partial charge is 0.341 e. The second kappa shape index (κ2) is 7.13. The van der Waals surface area contributed by atoms with E-state index in [-0.39, 0.29) is 5.91 Å². The molecule has 5 nitrogen and oxygen atoms in total. The molecular weight excluding hydrogens is 324 g/mol. The first-order chi connectivity index (χ1) is 11.1. The maximum atomic E-state index is 12.9. The minimum Gasteiger partial charge on any atom is -0.341 e. The third-order valence-electron chi connectivity index (χ3n) is 4.76. The van der Waals surface area contributed by atoms with Crippen molar-refractivity contribution in [3.63, 3.8) is 0 Å². The summed E-state index contributed by atoms with van der Waals surface area (Å²) in [5.41, 5.74) is 2.40. The van der Waals surface area contributed by atoms with Crippen molar-refractivity contribution >= 4 is 21.6 Å². The normalized spacial score (nSPS) is 17.6. The highest BCUT2D eigenvalue weighted by atomic mass is 32.2. The summed E-state index contributed by atoms with van der Waals surface area (Å²) in [6, 6.07) is 4.92. The molecule has 1 amide bonds. The summed E-state index contributed by atoms with van der Waals surface area (Å²) in [5.74, 6) is 0.502. The van der Waals surface area contributed by atoms with Crippen molar-refractivity contribution in [2.75, 3.05) is 23.7 Å². The van der Waals surface area contributed by atoms with Crippen LogP contribution in [-0.2, 0) is 14.8 Å². The fourth-order valence-corrected chi connectivity index (χ4v) is 4.44. The molecule has 0 radical (unpaired) electrons. The number of carbonyl (C=O) groups excluding carboxylic acids is 1. The SMILES string of the molecule is Cc1ccc(C)c(N(C(C)C(=O)N2CCC(C)CC2)S(C)(=O)=O)c1. The van der Waals surface area contributed by atoms with Crippen molar-refractivity contribution < 1.29 is 13.2 Å². The molecule has 6 heteroatoms. The number of anilines is 1. The topological polar surface area (TPSA) is 57.7 Å². The molecule has 2 rings (SSSR count). The first-order valence-corrected chi connectivity index (χ1v) is 10.3. The molecule has 1 saturated heterocycles. The van der Waals surface area contributed by atoms with Crippen LogP contribution in [0.3, 0.4) is 0 Å². The number of amides is 1. The molecule has 0 N–H and O–H groups in total. The molecule has 0 spiro atoms. The quantitative estimate of drug-likeness (QED) is 0.837. The van der Waals surface area contributed by atoms with E-state index in [2.05, 4.69) is 6.92 Å². The van der Waals surface area contributed by atoms with Gasteiger partial charge in [-0.05, 0) is 56.7 Å². The van der Waals surface area contributed by atoms with E-state index in [1.54, 1.807) is 11.8 Å². The lowest BCUT2D eigenvalue weighted by atomic mass is 9.99. The summed E-state index contributed by atoms with van der Waals surface area (Å²) >= 11 is 0. The van der Waals surface area contributed by atoms with Gasteiger partial charge < -0.3 is 4.90 Å². The Morgan fingerprint density at radius 1 is 1.25 bits per heavy atom. The van der Waals surface area contributed by atoms with Crippen molar-refractivity contribution in [2.24, 2.45) is 5.92 Å². The minimum absolute atomic E-state index is 0.117. The third kappa shape index (κ3) is 4.09. The van der Waals surface area contributed by atoms with E-state index in [0.29, 0.717) is 24.7 Å². The fraction of sp³-hybridized carbons (Fsp3) is 0.611. The van der Waals surface area contributed by atoms with Gasteiger partial charge in [0.25, 0.3) is 0 Å². The zero-order chi connectivity index (χ0) is 18.1. The molecule has 0 aliphatic carbocycles. The monoisotopic (exact) mass is 352 g/mol. The Morgan fingerprint density at radius 2 is 1.83 bits per heavy atom. The summed E-state index contributed by atoms with van der Waals surface area (Å²) in [5, 5.41) is 0. The molecule has 24 heavy (non-hydrogen) atoms. The zero-order valence-electron chi connectivity index (χ0n) is 15.2. The molecule has 1 atom stereocenters. The average Bonchev–Trinajstić information content (AvgIpc) is 2.49. The highest BCUT2D eigenvalue weighted by Crippen LogP contribution is 2.27. The van der Waals surface area contributed by atoms with E-state index in [4.69, 9.17) is 0 Å². The van der Waals surface area contributed by atoms with Crippen LogP contribution in [0.5, 0.6) is 0 Å². The summed E-state index contributed by atoms with van der Waals surface area (Å²) < 4.78 is 26.1. The third-order valence-corrected chi connectivity index (χ3v) is 5.99. The highest BCUT2D eigenvalue weighted by molar-refractivity contribution is 7.92. The number of hydrogen-bond donors (Lipinski definition) is 0. The van der Waals surface area contributed by atoms with E-state index in [0.717, 1.165) is 30.2 Å². The van der Waals surface area contributed by atoms with Crippen LogP contribution in [-0.4, -0.2) is 44.6 Å². The number of benzene rings is 1. The second-order valence-electron chi connectivity index (χ2n) is 7.03. The summed E-state index contributed by atoms with van der Waals surface area (Å²) in [7, 11) is -3.57. The Kier molecular flexibility index (Phi) is 5.58. The summed E-state index contributed by atoms with van der Waals surface area (Å²) in [6.07, 6.45) is 3.11. The Hall–Kier alpha value is -1.56. The van der Waals surface area contributed by atoms with Crippen LogP contribution < -0.4 is 4.31 Å². The van der Waals surface area contributed by atoms with Crippen LogP contribution in [0.25, 0.3) is 0 Å². The van der Waals surface area contributed by atoms with Gasteiger partial charge in [0.1, 0.15) is 6.04 Å². The molecule has 134 valence electrons. The molecule has 1 aliphatic heterocycles. The number of carbonyl (C=O) groups is 1. The van der Waals surface area contributed by atoms with Gasteiger partial charge >= 0.3 is 0 Å². The van der Waals surface area contributed by atoms with E-state index >= 15 is 0 Å². The van der Waals surface area contributed by atoms with Crippen molar-refractivity contribution in [1.29, 1.82) is 0 Å². The molecule has 1 aromatic rings. The highest BCUT2D eigenvalue weighted by Gasteiger charge is 2.33. The Bertz CT molecular complexity index is 707. The predicted octanol–water partition coefficient (Wildman–Crippen LogP) is 2.72. The van der Waals surface area contributed by atoms with Gasteiger partial charge in [-0.15, -0.1) is 0 Å². The van der Waals surface area contributed by atoms with Crippen LogP contribution in [0.4, 0.5) is 5.69 Å². The number of rotatable bonds is 4. The van der Waals surface area contributed by atoms with Crippen molar-refractivity contribution in [2.45, 2.75) is 46.6 Å². The van der Waals surface area contributed by atoms with Gasteiger partial charge in [-0.25, -0.2) is 8.42 Å².